The van der Waals surface area contributed by atoms with Crippen molar-refractivity contribution >= 4 is 6.03 Å². The maximum Gasteiger partial charge on any atom is 0.317 e. The second-order valence-electron chi connectivity index (χ2n) is 6.31. The highest BCUT2D eigenvalue weighted by Gasteiger charge is 2.18. The molecule has 1 heterocycles. The highest BCUT2D eigenvalue weighted by molar-refractivity contribution is 5.74. The van der Waals surface area contributed by atoms with Gasteiger partial charge in [0.25, 0.3) is 0 Å². The van der Waals surface area contributed by atoms with Crippen molar-refractivity contribution in [2.45, 2.75) is 13.5 Å². The molecule has 8 heteroatoms. The van der Waals surface area contributed by atoms with Crippen LogP contribution in [0.15, 0.2) is 28.8 Å². The highest BCUT2D eigenvalue weighted by Crippen LogP contribution is 2.33. The van der Waals surface area contributed by atoms with Gasteiger partial charge in [0.15, 0.2) is 5.76 Å². The molecule has 0 fully saturated rings. The van der Waals surface area contributed by atoms with E-state index in [1.165, 1.54) is 0 Å². The minimum atomic E-state index is -0.122. The summed E-state index contributed by atoms with van der Waals surface area (Å²) in [5.41, 5.74) is 1.41. The average molecular weight is 376 g/mol. The van der Waals surface area contributed by atoms with Gasteiger partial charge in [-0.3, -0.25) is 0 Å². The summed E-state index contributed by atoms with van der Waals surface area (Å²) >= 11 is 0. The molecule has 0 unspecified atom stereocenters. The molecule has 148 valence electrons. The van der Waals surface area contributed by atoms with Gasteiger partial charge in [-0.15, -0.1) is 0 Å². The normalized spacial score (nSPS) is 10.7. The molecule has 0 bridgehead atoms. The lowest BCUT2D eigenvalue weighted by atomic mass is 10.1. The van der Waals surface area contributed by atoms with Crippen LogP contribution in [0.5, 0.6) is 11.5 Å². The van der Waals surface area contributed by atoms with Gasteiger partial charge in [-0.25, -0.2) is 4.79 Å². The van der Waals surface area contributed by atoms with Crippen LogP contribution in [0, 0.1) is 0 Å². The summed E-state index contributed by atoms with van der Waals surface area (Å²) < 4.78 is 16.2. The van der Waals surface area contributed by atoms with Crippen molar-refractivity contribution in [3.63, 3.8) is 0 Å². The Hall–Kier alpha value is -2.74. The van der Waals surface area contributed by atoms with E-state index in [9.17, 15) is 4.79 Å². The van der Waals surface area contributed by atoms with E-state index in [0.29, 0.717) is 42.6 Å². The lowest BCUT2D eigenvalue weighted by molar-refractivity contribution is 0.187. The number of benzene rings is 1. The smallest absolute Gasteiger partial charge is 0.317 e. The number of hydrogen-bond donors (Lipinski definition) is 1. The second-order valence-corrected chi connectivity index (χ2v) is 6.31. The largest absolute Gasteiger partial charge is 0.497 e. The van der Waals surface area contributed by atoms with Crippen LogP contribution in [-0.2, 0) is 6.54 Å². The van der Waals surface area contributed by atoms with Gasteiger partial charge in [0.2, 0.25) is 0 Å². The van der Waals surface area contributed by atoms with Crippen LogP contribution >= 0.6 is 0 Å². The molecule has 2 rings (SSSR count). The first-order valence-corrected chi connectivity index (χ1v) is 8.84. The molecule has 1 aromatic heterocycles. The zero-order valence-electron chi connectivity index (χ0n) is 16.6. The summed E-state index contributed by atoms with van der Waals surface area (Å²) in [5, 5.41) is 6.96. The van der Waals surface area contributed by atoms with Crippen LogP contribution in [0.2, 0.25) is 0 Å². The number of carbonyl (C=O) groups excluding carboxylic acids is 1. The molecule has 8 nitrogen and oxygen atoms in total. The number of amides is 2. The molecular formula is C19H28N4O4. The molecule has 1 aromatic carbocycles. The van der Waals surface area contributed by atoms with Crippen molar-refractivity contribution in [1.82, 2.24) is 20.3 Å². The molecule has 0 radical (unpaired) electrons. The third-order valence-corrected chi connectivity index (χ3v) is 4.02. The Balaban J connectivity index is 2.21. The van der Waals surface area contributed by atoms with Gasteiger partial charge in [0, 0.05) is 25.7 Å². The number of carbonyl (C=O) groups is 1. The Kier molecular flexibility index (Phi) is 7.48. The van der Waals surface area contributed by atoms with E-state index in [0.717, 1.165) is 12.1 Å². The first-order valence-electron chi connectivity index (χ1n) is 8.84. The lowest BCUT2D eigenvalue weighted by Gasteiger charge is -2.23. The van der Waals surface area contributed by atoms with Crippen molar-refractivity contribution in [3.05, 3.63) is 30.0 Å². The van der Waals surface area contributed by atoms with E-state index in [1.807, 2.05) is 50.2 Å². The molecule has 1 N–H and O–H groups in total. The zero-order valence-corrected chi connectivity index (χ0v) is 16.6. The summed E-state index contributed by atoms with van der Waals surface area (Å²) in [7, 11) is 7.14. The van der Waals surface area contributed by atoms with E-state index in [1.54, 1.807) is 19.1 Å². The fourth-order valence-electron chi connectivity index (χ4n) is 2.55. The van der Waals surface area contributed by atoms with Crippen molar-refractivity contribution < 1.29 is 18.8 Å². The fourth-order valence-corrected chi connectivity index (χ4v) is 2.55. The molecule has 0 aliphatic heterocycles. The highest BCUT2D eigenvalue weighted by atomic mass is 16.5. The van der Waals surface area contributed by atoms with Crippen LogP contribution in [-0.4, -0.2) is 68.9 Å². The molecule has 0 aliphatic carbocycles. The number of hydrogen-bond acceptors (Lipinski definition) is 6. The van der Waals surface area contributed by atoms with Crippen molar-refractivity contribution in [2.24, 2.45) is 0 Å². The number of nitrogens with zero attached hydrogens (tertiary/aromatic N) is 3. The Bertz CT molecular complexity index is 745. The standard InChI is InChI=1S/C19H28N4O4/c1-6-20-19(24)23(10-9-22(2)3)13-14-11-18(27-21-14)16-12-15(25-4)7-8-17(16)26-5/h7-8,11-12H,6,9-10,13H2,1-5H3,(H,20,24). The molecule has 27 heavy (non-hydrogen) atoms. The van der Waals surface area contributed by atoms with E-state index in [2.05, 4.69) is 10.5 Å². The van der Waals surface area contributed by atoms with Gasteiger partial charge in [0.05, 0.1) is 26.3 Å². The van der Waals surface area contributed by atoms with Gasteiger partial charge in [-0.05, 0) is 39.2 Å². The number of ether oxygens (including phenoxy) is 2. The molecule has 0 saturated heterocycles. The van der Waals surface area contributed by atoms with E-state index >= 15 is 0 Å². The molecule has 0 aliphatic rings. The van der Waals surface area contributed by atoms with Gasteiger partial charge < -0.3 is 29.1 Å². The first-order chi connectivity index (χ1) is 13.0. The topological polar surface area (TPSA) is 80.1 Å². The first kappa shape index (κ1) is 20.6. The fraction of sp³-hybridized carbons (Fsp3) is 0.474. The molecule has 0 atom stereocenters. The third-order valence-electron chi connectivity index (χ3n) is 4.02. The summed E-state index contributed by atoms with van der Waals surface area (Å²) in [6.07, 6.45) is 0. The Labute approximate surface area is 160 Å². The Morgan fingerprint density at radius 3 is 2.59 bits per heavy atom. The van der Waals surface area contributed by atoms with Crippen LogP contribution in [0.1, 0.15) is 12.6 Å². The third kappa shape index (κ3) is 5.62. The maximum absolute atomic E-state index is 12.3. The van der Waals surface area contributed by atoms with Gasteiger partial charge in [-0.1, -0.05) is 5.16 Å². The summed E-state index contributed by atoms with van der Waals surface area (Å²) in [5.74, 6) is 1.91. The molecular weight excluding hydrogens is 348 g/mol. The number of urea groups is 1. The predicted molar refractivity (Wildman–Crippen MR) is 103 cm³/mol. The molecule has 0 spiro atoms. The summed E-state index contributed by atoms with van der Waals surface area (Å²) in [4.78, 5) is 16.1. The quantitative estimate of drug-likeness (QED) is 0.724. The Morgan fingerprint density at radius 2 is 1.96 bits per heavy atom. The second kappa shape index (κ2) is 9.82. The molecule has 2 aromatic rings. The minimum absolute atomic E-state index is 0.122. The van der Waals surface area contributed by atoms with Crippen LogP contribution in [0.25, 0.3) is 11.3 Å². The monoisotopic (exact) mass is 376 g/mol. The summed E-state index contributed by atoms with van der Waals surface area (Å²) in [6, 6.07) is 7.16. The number of rotatable bonds is 9. The SMILES string of the molecule is CCNC(=O)N(CCN(C)C)Cc1cc(-c2cc(OC)ccc2OC)on1. The minimum Gasteiger partial charge on any atom is -0.497 e. The van der Waals surface area contributed by atoms with E-state index in [-0.39, 0.29) is 6.03 Å². The van der Waals surface area contributed by atoms with Gasteiger partial charge in [0.1, 0.15) is 17.2 Å². The van der Waals surface area contributed by atoms with Gasteiger partial charge in [-0.2, -0.15) is 0 Å². The van der Waals surface area contributed by atoms with E-state index < -0.39 is 0 Å². The lowest BCUT2D eigenvalue weighted by Crippen LogP contribution is -2.42. The van der Waals surface area contributed by atoms with Crippen LogP contribution < -0.4 is 14.8 Å². The van der Waals surface area contributed by atoms with Gasteiger partial charge >= 0.3 is 6.03 Å². The number of nitrogens with one attached hydrogen (secondary N) is 1. The number of methoxy groups -OCH3 is 2. The maximum atomic E-state index is 12.3. The van der Waals surface area contributed by atoms with Crippen molar-refractivity contribution in [1.29, 1.82) is 0 Å². The number of likely N-dealkylation sites (N-methyl/N-ethyl adjacent to an activating group) is 1. The Morgan fingerprint density at radius 1 is 1.19 bits per heavy atom. The van der Waals surface area contributed by atoms with Crippen molar-refractivity contribution in [3.8, 4) is 22.8 Å². The summed E-state index contributed by atoms with van der Waals surface area (Å²) in [6.45, 7) is 4.16. The van der Waals surface area contributed by atoms with Crippen LogP contribution in [0.4, 0.5) is 4.79 Å². The molecule has 0 saturated carbocycles. The van der Waals surface area contributed by atoms with Crippen LogP contribution in [0.3, 0.4) is 0 Å². The van der Waals surface area contributed by atoms with Crippen molar-refractivity contribution in [2.75, 3.05) is 47.9 Å². The molecule has 2 amide bonds. The zero-order chi connectivity index (χ0) is 19.8. The average Bonchev–Trinajstić information content (AvgIpc) is 3.13. The predicted octanol–water partition coefficient (Wildman–Crippen LogP) is 2.45. The number of aromatic nitrogens is 1. The van der Waals surface area contributed by atoms with E-state index in [4.69, 9.17) is 14.0 Å².